The van der Waals surface area contributed by atoms with Crippen LogP contribution in [0.25, 0.3) is 0 Å². The van der Waals surface area contributed by atoms with Crippen LogP contribution in [0.4, 0.5) is 5.69 Å². The Bertz CT molecular complexity index is 467. The van der Waals surface area contributed by atoms with Crippen molar-refractivity contribution in [2.45, 2.75) is 45.7 Å². The van der Waals surface area contributed by atoms with E-state index in [0.29, 0.717) is 12.1 Å². The van der Waals surface area contributed by atoms with Crippen LogP contribution in [0.2, 0.25) is 0 Å². The van der Waals surface area contributed by atoms with Gasteiger partial charge in [-0.25, -0.2) is 0 Å². The zero-order chi connectivity index (χ0) is 13.8. The van der Waals surface area contributed by atoms with Crippen molar-refractivity contribution in [2.24, 2.45) is 0 Å². The second-order valence-corrected chi connectivity index (χ2v) is 5.67. The molecule has 102 valence electrons. The maximum absolute atomic E-state index is 9.34. The maximum Gasteiger partial charge on any atom is 0.101 e. The standard InChI is InChI=1S/C16H23N3/c1-12(2)19(11-15-5-4-8-18-15)16-7-6-13(3)9-14(16)10-17/h6-7,9,12,15,18H,4-5,8,11H2,1-3H3. The van der Waals surface area contributed by atoms with Gasteiger partial charge in [0, 0.05) is 18.6 Å². The van der Waals surface area contributed by atoms with E-state index in [1.165, 1.54) is 12.8 Å². The second-order valence-electron chi connectivity index (χ2n) is 5.67. The van der Waals surface area contributed by atoms with Gasteiger partial charge < -0.3 is 10.2 Å². The van der Waals surface area contributed by atoms with Gasteiger partial charge in [0.1, 0.15) is 6.07 Å². The topological polar surface area (TPSA) is 39.1 Å². The van der Waals surface area contributed by atoms with Gasteiger partial charge in [-0.1, -0.05) is 6.07 Å². The van der Waals surface area contributed by atoms with Crippen LogP contribution < -0.4 is 10.2 Å². The number of aryl methyl sites for hydroxylation is 1. The van der Waals surface area contributed by atoms with Crippen LogP contribution in [0, 0.1) is 18.3 Å². The Labute approximate surface area is 116 Å². The summed E-state index contributed by atoms with van der Waals surface area (Å²) in [6, 6.07) is 9.44. The van der Waals surface area contributed by atoms with Gasteiger partial charge >= 0.3 is 0 Å². The lowest BCUT2D eigenvalue weighted by Crippen LogP contribution is -2.41. The zero-order valence-electron chi connectivity index (χ0n) is 12.1. The number of hydrogen-bond donors (Lipinski definition) is 1. The van der Waals surface area contributed by atoms with E-state index in [4.69, 9.17) is 0 Å². The number of nitrogens with one attached hydrogen (secondary N) is 1. The Morgan fingerprint density at radius 2 is 2.26 bits per heavy atom. The van der Waals surface area contributed by atoms with E-state index in [2.05, 4.69) is 42.3 Å². The van der Waals surface area contributed by atoms with Crippen molar-refractivity contribution in [1.29, 1.82) is 5.26 Å². The molecule has 0 radical (unpaired) electrons. The van der Waals surface area contributed by atoms with Gasteiger partial charge in [-0.15, -0.1) is 0 Å². The SMILES string of the molecule is Cc1ccc(N(CC2CCCN2)C(C)C)c(C#N)c1. The second kappa shape index (κ2) is 6.08. The molecule has 0 aromatic heterocycles. The summed E-state index contributed by atoms with van der Waals surface area (Å²) >= 11 is 0. The molecule has 0 aliphatic carbocycles. The molecular formula is C16H23N3. The first-order chi connectivity index (χ1) is 9.11. The lowest BCUT2D eigenvalue weighted by molar-refractivity contribution is 0.552. The summed E-state index contributed by atoms with van der Waals surface area (Å²) in [5.74, 6) is 0. The van der Waals surface area contributed by atoms with Crippen LogP contribution in [0.15, 0.2) is 18.2 Å². The molecule has 1 N–H and O–H groups in total. The van der Waals surface area contributed by atoms with Crippen molar-refractivity contribution in [2.75, 3.05) is 18.0 Å². The molecule has 0 saturated carbocycles. The third kappa shape index (κ3) is 3.27. The van der Waals surface area contributed by atoms with Crippen molar-refractivity contribution in [1.82, 2.24) is 5.32 Å². The molecule has 1 fully saturated rings. The molecule has 0 amide bonds. The van der Waals surface area contributed by atoms with Gasteiger partial charge in [-0.3, -0.25) is 0 Å². The fourth-order valence-corrected chi connectivity index (χ4v) is 2.73. The van der Waals surface area contributed by atoms with Crippen molar-refractivity contribution in [3.63, 3.8) is 0 Å². The summed E-state index contributed by atoms with van der Waals surface area (Å²) in [5.41, 5.74) is 2.99. The van der Waals surface area contributed by atoms with E-state index in [0.717, 1.165) is 29.9 Å². The third-order valence-corrected chi connectivity index (χ3v) is 3.78. The van der Waals surface area contributed by atoms with E-state index in [1.54, 1.807) is 0 Å². The highest BCUT2D eigenvalue weighted by atomic mass is 15.2. The van der Waals surface area contributed by atoms with E-state index in [9.17, 15) is 5.26 Å². The first-order valence-electron chi connectivity index (χ1n) is 7.12. The highest BCUT2D eigenvalue weighted by Crippen LogP contribution is 2.24. The van der Waals surface area contributed by atoms with Gasteiger partial charge in [0.15, 0.2) is 0 Å². The lowest BCUT2D eigenvalue weighted by atomic mass is 10.1. The molecule has 1 heterocycles. The van der Waals surface area contributed by atoms with Gasteiger partial charge in [-0.05, 0) is 57.9 Å². The third-order valence-electron chi connectivity index (χ3n) is 3.78. The Morgan fingerprint density at radius 1 is 1.47 bits per heavy atom. The summed E-state index contributed by atoms with van der Waals surface area (Å²) in [6.45, 7) is 8.51. The number of nitrogens with zero attached hydrogens (tertiary/aromatic N) is 2. The van der Waals surface area contributed by atoms with E-state index >= 15 is 0 Å². The first kappa shape index (κ1) is 13.9. The zero-order valence-corrected chi connectivity index (χ0v) is 12.1. The molecule has 3 heteroatoms. The normalized spacial score (nSPS) is 18.6. The summed E-state index contributed by atoms with van der Waals surface area (Å²) in [5, 5.41) is 12.9. The van der Waals surface area contributed by atoms with E-state index in [-0.39, 0.29) is 0 Å². The molecule has 0 bridgehead atoms. The van der Waals surface area contributed by atoms with Crippen LogP contribution in [0.5, 0.6) is 0 Å². The summed E-state index contributed by atoms with van der Waals surface area (Å²) < 4.78 is 0. The number of hydrogen-bond acceptors (Lipinski definition) is 3. The van der Waals surface area contributed by atoms with E-state index < -0.39 is 0 Å². The van der Waals surface area contributed by atoms with Gasteiger partial charge in [0.2, 0.25) is 0 Å². The van der Waals surface area contributed by atoms with Crippen LogP contribution in [-0.4, -0.2) is 25.2 Å². The average Bonchev–Trinajstić information content (AvgIpc) is 2.89. The minimum absolute atomic E-state index is 0.400. The van der Waals surface area contributed by atoms with Gasteiger partial charge in [0.05, 0.1) is 11.3 Å². The molecule has 0 spiro atoms. The van der Waals surface area contributed by atoms with Gasteiger partial charge in [0.25, 0.3) is 0 Å². The summed E-state index contributed by atoms with van der Waals surface area (Å²) in [6.07, 6.45) is 2.49. The highest BCUT2D eigenvalue weighted by molar-refractivity contribution is 5.61. The Balaban J connectivity index is 2.25. The summed E-state index contributed by atoms with van der Waals surface area (Å²) in [7, 11) is 0. The van der Waals surface area contributed by atoms with Crippen LogP contribution in [-0.2, 0) is 0 Å². The van der Waals surface area contributed by atoms with Crippen LogP contribution >= 0.6 is 0 Å². The monoisotopic (exact) mass is 257 g/mol. The molecule has 2 rings (SSSR count). The molecule has 1 unspecified atom stereocenters. The van der Waals surface area contributed by atoms with E-state index in [1.807, 2.05) is 13.0 Å². The van der Waals surface area contributed by atoms with Crippen LogP contribution in [0.3, 0.4) is 0 Å². The quantitative estimate of drug-likeness (QED) is 0.901. The maximum atomic E-state index is 9.34. The molecular weight excluding hydrogens is 234 g/mol. The largest absolute Gasteiger partial charge is 0.366 e. The highest BCUT2D eigenvalue weighted by Gasteiger charge is 2.21. The molecule has 1 saturated heterocycles. The van der Waals surface area contributed by atoms with Crippen molar-refractivity contribution in [3.05, 3.63) is 29.3 Å². The summed E-state index contributed by atoms with van der Waals surface area (Å²) in [4.78, 5) is 2.35. The van der Waals surface area contributed by atoms with Crippen molar-refractivity contribution < 1.29 is 0 Å². The lowest BCUT2D eigenvalue weighted by Gasteiger charge is -2.32. The Hall–Kier alpha value is -1.53. The fourth-order valence-electron chi connectivity index (χ4n) is 2.73. The number of benzene rings is 1. The predicted molar refractivity (Wildman–Crippen MR) is 79.4 cm³/mol. The minimum Gasteiger partial charge on any atom is -0.366 e. The smallest absolute Gasteiger partial charge is 0.101 e. The number of nitriles is 1. The van der Waals surface area contributed by atoms with Crippen molar-refractivity contribution in [3.8, 4) is 6.07 Å². The van der Waals surface area contributed by atoms with Gasteiger partial charge in [-0.2, -0.15) is 5.26 Å². The average molecular weight is 257 g/mol. The minimum atomic E-state index is 0.400. The first-order valence-corrected chi connectivity index (χ1v) is 7.12. The van der Waals surface area contributed by atoms with Crippen LogP contribution in [0.1, 0.15) is 37.8 Å². The molecule has 1 aromatic carbocycles. The molecule has 1 aromatic rings. The molecule has 1 aliphatic heterocycles. The molecule has 3 nitrogen and oxygen atoms in total. The van der Waals surface area contributed by atoms with Crippen molar-refractivity contribution >= 4 is 5.69 Å². The Morgan fingerprint density at radius 3 is 2.84 bits per heavy atom. The Kier molecular flexibility index (Phi) is 4.44. The number of rotatable bonds is 4. The molecule has 19 heavy (non-hydrogen) atoms. The molecule has 1 aliphatic rings. The predicted octanol–water partition coefficient (Wildman–Crippen LogP) is 2.83. The fraction of sp³-hybridized carbons (Fsp3) is 0.562. The number of anilines is 1. The molecule has 1 atom stereocenters.